The van der Waals surface area contributed by atoms with E-state index in [0.29, 0.717) is 11.1 Å². The normalized spacial score (nSPS) is 13.6. The summed E-state index contributed by atoms with van der Waals surface area (Å²) in [4.78, 5) is 16.9. The zero-order chi connectivity index (χ0) is 20.8. The Morgan fingerprint density at radius 1 is 1.23 bits per heavy atom. The van der Waals surface area contributed by atoms with Crippen LogP contribution in [0.5, 0.6) is 0 Å². The highest BCUT2D eigenvalue weighted by Gasteiger charge is 2.18. The number of hydrogen-bond donors (Lipinski definition) is 2. The Morgan fingerprint density at radius 2 is 2.10 bits per heavy atom. The molecule has 1 aromatic carbocycles. The van der Waals surface area contributed by atoms with E-state index in [0.717, 1.165) is 30.7 Å². The van der Waals surface area contributed by atoms with E-state index in [1.54, 1.807) is 16.8 Å². The predicted octanol–water partition coefficient (Wildman–Crippen LogP) is 2.67. The number of rotatable bonds is 3. The maximum atomic E-state index is 14.3. The van der Waals surface area contributed by atoms with Gasteiger partial charge in [-0.05, 0) is 48.4 Å². The van der Waals surface area contributed by atoms with Crippen LogP contribution < -0.4 is 10.9 Å². The lowest BCUT2D eigenvalue weighted by molar-refractivity contribution is 0.280. The minimum absolute atomic E-state index is 0.0921. The van der Waals surface area contributed by atoms with Crippen molar-refractivity contribution in [2.45, 2.75) is 19.6 Å². The fourth-order valence-corrected chi connectivity index (χ4v) is 4.25. The molecule has 0 aliphatic carbocycles. The number of nitrogens with zero attached hydrogens (tertiary/aromatic N) is 3. The van der Waals surface area contributed by atoms with E-state index < -0.39 is 5.82 Å². The van der Waals surface area contributed by atoms with Crippen LogP contribution in [0.4, 0.5) is 4.39 Å². The zero-order valence-electron chi connectivity index (χ0n) is 16.5. The van der Waals surface area contributed by atoms with E-state index in [1.807, 2.05) is 19.2 Å². The van der Waals surface area contributed by atoms with Crippen LogP contribution in [-0.2, 0) is 26.6 Å². The number of aliphatic hydroxyl groups excluding tert-OH is 1. The van der Waals surface area contributed by atoms with Crippen molar-refractivity contribution in [3.63, 3.8) is 0 Å². The Morgan fingerprint density at radius 3 is 2.87 bits per heavy atom. The Hall–Kier alpha value is -3.29. The second-order valence-corrected chi connectivity index (χ2v) is 7.57. The van der Waals surface area contributed by atoms with Gasteiger partial charge in [-0.3, -0.25) is 14.3 Å². The monoisotopic (exact) mass is 404 g/mol. The van der Waals surface area contributed by atoms with Gasteiger partial charge in [0, 0.05) is 48.7 Å². The Bertz CT molecular complexity index is 1340. The summed E-state index contributed by atoms with van der Waals surface area (Å²) < 4.78 is 18.1. The van der Waals surface area contributed by atoms with Gasteiger partial charge in [-0.1, -0.05) is 6.07 Å². The molecule has 4 heterocycles. The molecule has 0 saturated heterocycles. The third kappa shape index (κ3) is 2.94. The minimum atomic E-state index is -0.567. The molecule has 7 heteroatoms. The first-order valence-electron chi connectivity index (χ1n) is 9.86. The molecule has 0 saturated carbocycles. The van der Waals surface area contributed by atoms with Crippen molar-refractivity contribution >= 4 is 10.9 Å². The van der Waals surface area contributed by atoms with Gasteiger partial charge in [0.1, 0.15) is 11.5 Å². The molecule has 0 unspecified atom stereocenters. The predicted molar refractivity (Wildman–Crippen MR) is 113 cm³/mol. The van der Waals surface area contributed by atoms with Gasteiger partial charge in [0.2, 0.25) is 0 Å². The number of aromatic nitrogens is 3. The van der Waals surface area contributed by atoms with E-state index in [4.69, 9.17) is 5.11 Å². The van der Waals surface area contributed by atoms with Crippen LogP contribution in [0.2, 0.25) is 0 Å². The standard InChI is InChI=1S/C23H21FN4O2/c1-27-20-10-16(2-3-17(20)18-4-6-25-12-21(18)27)28-7-5-15(9-22(28)30)23-19(24)8-14(13-29)11-26-23/h2-3,5,7-11,25,29H,4,6,12-13H2,1H3. The maximum absolute atomic E-state index is 14.3. The lowest BCUT2D eigenvalue weighted by atomic mass is 10.0. The van der Waals surface area contributed by atoms with Crippen molar-refractivity contribution in [1.29, 1.82) is 0 Å². The number of aliphatic hydroxyl groups is 1. The highest BCUT2D eigenvalue weighted by Crippen LogP contribution is 2.29. The van der Waals surface area contributed by atoms with Gasteiger partial charge in [-0.15, -0.1) is 0 Å². The molecule has 1 aliphatic heterocycles. The number of nitrogens with one attached hydrogen (secondary N) is 1. The molecule has 2 N–H and O–H groups in total. The molecular formula is C23H21FN4O2. The van der Waals surface area contributed by atoms with Gasteiger partial charge < -0.3 is 15.0 Å². The van der Waals surface area contributed by atoms with E-state index >= 15 is 0 Å². The van der Waals surface area contributed by atoms with Crippen LogP contribution in [0.1, 0.15) is 16.8 Å². The van der Waals surface area contributed by atoms with Crippen LogP contribution in [0, 0.1) is 5.82 Å². The van der Waals surface area contributed by atoms with Gasteiger partial charge in [-0.2, -0.15) is 0 Å². The minimum Gasteiger partial charge on any atom is -0.392 e. The molecule has 0 bridgehead atoms. The molecule has 30 heavy (non-hydrogen) atoms. The van der Waals surface area contributed by atoms with Gasteiger partial charge in [-0.25, -0.2) is 4.39 Å². The van der Waals surface area contributed by atoms with Crippen LogP contribution >= 0.6 is 0 Å². The summed E-state index contributed by atoms with van der Waals surface area (Å²) >= 11 is 0. The van der Waals surface area contributed by atoms with E-state index in [-0.39, 0.29) is 17.9 Å². The first-order valence-corrected chi connectivity index (χ1v) is 9.86. The topological polar surface area (TPSA) is 72.1 Å². The number of aryl methyl sites for hydroxylation is 1. The number of halogens is 1. The molecule has 0 atom stereocenters. The summed E-state index contributed by atoms with van der Waals surface area (Å²) in [6, 6.07) is 10.3. The molecule has 4 aromatic rings. The second kappa shape index (κ2) is 7.19. The summed E-state index contributed by atoms with van der Waals surface area (Å²) in [6.07, 6.45) is 4.04. The summed E-state index contributed by atoms with van der Waals surface area (Å²) in [7, 11) is 2.05. The van der Waals surface area contributed by atoms with Gasteiger partial charge in [0.15, 0.2) is 0 Å². The average molecular weight is 404 g/mol. The molecule has 0 spiro atoms. The van der Waals surface area contributed by atoms with Crippen LogP contribution in [0.25, 0.3) is 27.8 Å². The van der Waals surface area contributed by atoms with Crippen molar-refractivity contribution in [2.24, 2.45) is 7.05 Å². The van der Waals surface area contributed by atoms with E-state index in [2.05, 4.69) is 20.9 Å². The van der Waals surface area contributed by atoms with Crippen LogP contribution in [0.15, 0.2) is 53.6 Å². The summed E-state index contributed by atoms with van der Waals surface area (Å²) in [6.45, 7) is 1.53. The first kappa shape index (κ1) is 18.7. The summed E-state index contributed by atoms with van der Waals surface area (Å²) in [5.41, 5.74) is 5.11. The molecular weight excluding hydrogens is 383 g/mol. The van der Waals surface area contributed by atoms with Crippen molar-refractivity contribution in [3.8, 4) is 16.9 Å². The van der Waals surface area contributed by atoms with Gasteiger partial charge >= 0.3 is 0 Å². The second-order valence-electron chi connectivity index (χ2n) is 7.57. The van der Waals surface area contributed by atoms with Gasteiger partial charge in [0.05, 0.1) is 17.8 Å². The Labute approximate surface area is 172 Å². The van der Waals surface area contributed by atoms with Crippen molar-refractivity contribution < 1.29 is 9.50 Å². The average Bonchev–Trinajstić information content (AvgIpc) is 3.05. The Kier molecular flexibility index (Phi) is 4.49. The van der Waals surface area contributed by atoms with Gasteiger partial charge in [0.25, 0.3) is 5.56 Å². The number of pyridine rings is 2. The third-order valence-electron chi connectivity index (χ3n) is 5.82. The summed E-state index contributed by atoms with van der Waals surface area (Å²) in [5, 5.41) is 13.7. The Balaban J connectivity index is 1.57. The molecule has 3 aromatic heterocycles. The fraction of sp³-hybridized carbons (Fsp3) is 0.217. The molecule has 152 valence electrons. The van der Waals surface area contributed by atoms with Crippen LogP contribution in [0.3, 0.4) is 0 Å². The van der Waals surface area contributed by atoms with Crippen molar-refractivity contribution in [3.05, 3.63) is 81.8 Å². The highest BCUT2D eigenvalue weighted by atomic mass is 19.1. The molecule has 0 fully saturated rings. The zero-order valence-corrected chi connectivity index (χ0v) is 16.5. The fourth-order valence-electron chi connectivity index (χ4n) is 4.25. The largest absolute Gasteiger partial charge is 0.392 e. The lowest BCUT2D eigenvalue weighted by Crippen LogP contribution is -2.24. The highest BCUT2D eigenvalue weighted by molar-refractivity contribution is 5.87. The van der Waals surface area contributed by atoms with Crippen molar-refractivity contribution in [2.75, 3.05) is 6.54 Å². The molecule has 6 nitrogen and oxygen atoms in total. The lowest BCUT2D eigenvalue weighted by Gasteiger charge is -2.14. The number of hydrogen-bond acceptors (Lipinski definition) is 4. The molecule has 1 aliphatic rings. The number of fused-ring (bicyclic) bond motifs is 3. The summed E-state index contributed by atoms with van der Waals surface area (Å²) in [5.74, 6) is -0.567. The van der Waals surface area contributed by atoms with E-state index in [1.165, 1.54) is 35.0 Å². The molecule has 0 radical (unpaired) electrons. The van der Waals surface area contributed by atoms with Crippen LogP contribution in [-0.4, -0.2) is 25.8 Å². The third-order valence-corrected chi connectivity index (χ3v) is 5.82. The maximum Gasteiger partial charge on any atom is 0.255 e. The molecule has 5 rings (SSSR count). The van der Waals surface area contributed by atoms with Crippen molar-refractivity contribution in [1.82, 2.24) is 19.4 Å². The number of benzene rings is 1. The van der Waals surface area contributed by atoms with E-state index in [9.17, 15) is 9.18 Å². The quantitative estimate of drug-likeness (QED) is 0.551. The SMILES string of the molecule is Cn1c2c(c3ccc(-n4ccc(-c5ncc(CO)cc5F)cc4=O)cc31)CCNC2. The first-order chi connectivity index (χ1) is 14.6. The smallest absolute Gasteiger partial charge is 0.255 e. The molecule has 0 amide bonds.